The number of rotatable bonds is 4. The number of halogens is 1. The second kappa shape index (κ2) is 8.67. The maximum atomic E-state index is 13.0. The van der Waals surface area contributed by atoms with Crippen molar-refractivity contribution in [2.75, 3.05) is 18.4 Å². The number of nitrogens with zero attached hydrogens (tertiary/aromatic N) is 4. The van der Waals surface area contributed by atoms with Crippen LogP contribution in [0.15, 0.2) is 54.7 Å². The number of likely N-dealkylation sites (tertiary alicyclic amines) is 1. The first-order chi connectivity index (χ1) is 14.5. The summed E-state index contributed by atoms with van der Waals surface area (Å²) in [6, 6.07) is 14.4. The van der Waals surface area contributed by atoms with Gasteiger partial charge in [-0.1, -0.05) is 23.7 Å². The number of benzene rings is 1. The molecular weight excluding hydrogens is 402 g/mol. The summed E-state index contributed by atoms with van der Waals surface area (Å²) in [7, 11) is 0. The minimum absolute atomic E-state index is 0.116. The van der Waals surface area contributed by atoms with Crippen molar-refractivity contribution in [2.24, 2.45) is 5.92 Å². The smallest absolute Gasteiger partial charge is 0.274 e. The molecule has 0 spiro atoms. The van der Waals surface area contributed by atoms with Crippen LogP contribution in [0.5, 0.6) is 0 Å². The van der Waals surface area contributed by atoms with Crippen LogP contribution >= 0.6 is 11.6 Å². The molecule has 1 atom stereocenters. The molecule has 2 aromatic heterocycles. The number of pyridine rings is 1. The van der Waals surface area contributed by atoms with Crippen LogP contribution in [0.2, 0.25) is 5.02 Å². The number of carbonyl (C=O) groups is 2. The van der Waals surface area contributed by atoms with Crippen molar-refractivity contribution in [3.63, 3.8) is 0 Å². The Labute approximate surface area is 179 Å². The van der Waals surface area contributed by atoms with E-state index in [-0.39, 0.29) is 17.7 Å². The zero-order chi connectivity index (χ0) is 21.1. The quantitative estimate of drug-likeness (QED) is 0.693. The molecule has 154 valence electrons. The number of piperidine rings is 1. The van der Waals surface area contributed by atoms with Gasteiger partial charge in [0.2, 0.25) is 5.91 Å². The van der Waals surface area contributed by atoms with Crippen molar-refractivity contribution in [1.29, 1.82) is 0 Å². The maximum absolute atomic E-state index is 13.0. The Morgan fingerprint density at radius 3 is 2.80 bits per heavy atom. The number of anilines is 1. The van der Waals surface area contributed by atoms with Gasteiger partial charge in [0, 0.05) is 30.0 Å². The van der Waals surface area contributed by atoms with Crippen LogP contribution in [0.25, 0.3) is 5.69 Å². The van der Waals surface area contributed by atoms with Crippen LogP contribution in [-0.4, -0.2) is 44.6 Å². The average Bonchev–Trinajstić information content (AvgIpc) is 3.24. The van der Waals surface area contributed by atoms with Gasteiger partial charge in [-0.3, -0.25) is 9.59 Å². The van der Waals surface area contributed by atoms with E-state index in [2.05, 4.69) is 15.4 Å². The van der Waals surface area contributed by atoms with E-state index in [1.807, 2.05) is 31.2 Å². The van der Waals surface area contributed by atoms with Gasteiger partial charge < -0.3 is 10.2 Å². The largest absolute Gasteiger partial charge is 0.336 e. The summed E-state index contributed by atoms with van der Waals surface area (Å²) in [4.78, 5) is 31.7. The molecule has 0 bridgehead atoms. The highest BCUT2D eigenvalue weighted by Crippen LogP contribution is 2.21. The first-order valence-electron chi connectivity index (χ1n) is 9.85. The SMILES string of the molecule is Cc1cccc(NC(=O)C2CCCN(C(=O)c3ccn(-c4cccc(Cl)c4)n3)C2)n1. The lowest BCUT2D eigenvalue weighted by molar-refractivity contribution is -0.121. The molecule has 1 unspecified atom stereocenters. The van der Waals surface area contributed by atoms with Gasteiger partial charge in [-0.15, -0.1) is 0 Å². The fourth-order valence-electron chi connectivity index (χ4n) is 3.58. The third-order valence-corrected chi connectivity index (χ3v) is 5.34. The molecule has 0 radical (unpaired) electrons. The average molecular weight is 424 g/mol. The fraction of sp³-hybridized carbons (Fsp3) is 0.273. The lowest BCUT2D eigenvalue weighted by Gasteiger charge is -2.31. The van der Waals surface area contributed by atoms with Crippen molar-refractivity contribution in [3.05, 3.63) is 71.1 Å². The Balaban J connectivity index is 1.43. The second-order valence-electron chi connectivity index (χ2n) is 7.37. The molecule has 1 aliphatic heterocycles. The van der Waals surface area contributed by atoms with E-state index in [0.29, 0.717) is 29.6 Å². The Morgan fingerprint density at radius 2 is 2.00 bits per heavy atom. The second-order valence-corrected chi connectivity index (χ2v) is 7.81. The van der Waals surface area contributed by atoms with Crippen molar-refractivity contribution >= 4 is 29.2 Å². The molecule has 1 saturated heterocycles. The third kappa shape index (κ3) is 4.52. The van der Waals surface area contributed by atoms with E-state index >= 15 is 0 Å². The molecule has 1 aromatic carbocycles. The molecule has 8 heteroatoms. The number of aryl methyl sites for hydroxylation is 1. The van der Waals surface area contributed by atoms with Crippen molar-refractivity contribution in [3.8, 4) is 5.69 Å². The summed E-state index contributed by atoms with van der Waals surface area (Å²) in [5.41, 5.74) is 1.96. The van der Waals surface area contributed by atoms with Crippen LogP contribution in [0.1, 0.15) is 29.0 Å². The first-order valence-corrected chi connectivity index (χ1v) is 10.2. The van der Waals surface area contributed by atoms with Crippen LogP contribution in [-0.2, 0) is 4.79 Å². The lowest BCUT2D eigenvalue weighted by Crippen LogP contribution is -2.44. The van der Waals surface area contributed by atoms with Gasteiger partial charge in [-0.25, -0.2) is 9.67 Å². The molecule has 4 rings (SSSR count). The topological polar surface area (TPSA) is 80.1 Å². The predicted molar refractivity (Wildman–Crippen MR) is 115 cm³/mol. The van der Waals surface area contributed by atoms with Gasteiger partial charge in [0.1, 0.15) is 5.82 Å². The highest BCUT2D eigenvalue weighted by Gasteiger charge is 2.30. The number of nitrogens with one attached hydrogen (secondary N) is 1. The van der Waals surface area contributed by atoms with E-state index in [4.69, 9.17) is 11.6 Å². The molecule has 0 aliphatic carbocycles. The van der Waals surface area contributed by atoms with E-state index in [0.717, 1.165) is 24.2 Å². The molecule has 0 saturated carbocycles. The molecule has 7 nitrogen and oxygen atoms in total. The molecular formula is C22H22ClN5O2. The highest BCUT2D eigenvalue weighted by molar-refractivity contribution is 6.30. The van der Waals surface area contributed by atoms with Gasteiger partial charge in [0.05, 0.1) is 11.6 Å². The van der Waals surface area contributed by atoms with Crippen LogP contribution in [0, 0.1) is 12.8 Å². The third-order valence-electron chi connectivity index (χ3n) is 5.10. The van der Waals surface area contributed by atoms with E-state index in [9.17, 15) is 9.59 Å². The van der Waals surface area contributed by atoms with Gasteiger partial charge in [0.25, 0.3) is 5.91 Å². The van der Waals surface area contributed by atoms with Gasteiger partial charge in [-0.2, -0.15) is 5.10 Å². The predicted octanol–water partition coefficient (Wildman–Crippen LogP) is 3.72. The fourth-order valence-corrected chi connectivity index (χ4v) is 3.76. The van der Waals surface area contributed by atoms with Gasteiger partial charge in [0.15, 0.2) is 5.69 Å². The Hall–Kier alpha value is -3.19. The summed E-state index contributed by atoms with van der Waals surface area (Å²) in [6.07, 6.45) is 3.23. The molecule has 1 N–H and O–H groups in total. The Bertz CT molecular complexity index is 1080. The molecule has 1 fully saturated rings. The zero-order valence-corrected chi connectivity index (χ0v) is 17.3. The number of hydrogen-bond donors (Lipinski definition) is 1. The maximum Gasteiger partial charge on any atom is 0.274 e. The Morgan fingerprint density at radius 1 is 1.17 bits per heavy atom. The molecule has 1 aliphatic rings. The van der Waals surface area contributed by atoms with Gasteiger partial charge in [-0.05, 0) is 56.2 Å². The number of aromatic nitrogens is 3. The molecule has 2 amide bonds. The molecule has 3 heterocycles. The normalized spacial score (nSPS) is 16.3. The van der Waals surface area contributed by atoms with E-state index in [1.54, 1.807) is 40.0 Å². The summed E-state index contributed by atoms with van der Waals surface area (Å²) >= 11 is 6.04. The van der Waals surface area contributed by atoms with Gasteiger partial charge >= 0.3 is 0 Å². The summed E-state index contributed by atoms with van der Waals surface area (Å²) in [5.74, 6) is -0.0410. The summed E-state index contributed by atoms with van der Waals surface area (Å²) in [5, 5.41) is 7.86. The molecule has 30 heavy (non-hydrogen) atoms. The van der Waals surface area contributed by atoms with Crippen LogP contribution in [0.3, 0.4) is 0 Å². The monoisotopic (exact) mass is 423 g/mol. The molecule has 3 aromatic rings. The van der Waals surface area contributed by atoms with Crippen LogP contribution < -0.4 is 5.32 Å². The minimum Gasteiger partial charge on any atom is -0.336 e. The van der Waals surface area contributed by atoms with Crippen molar-refractivity contribution in [1.82, 2.24) is 19.7 Å². The highest BCUT2D eigenvalue weighted by atomic mass is 35.5. The summed E-state index contributed by atoms with van der Waals surface area (Å²) in [6.45, 7) is 2.84. The number of carbonyl (C=O) groups excluding carboxylic acids is 2. The van der Waals surface area contributed by atoms with Crippen molar-refractivity contribution < 1.29 is 9.59 Å². The number of hydrogen-bond acceptors (Lipinski definition) is 4. The summed E-state index contributed by atoms with van der Waals surface area (Å²) < 4.78 is 1.62. The van der Waals surface area contributed by atoms with E-state index in [1.165, 1.54) is 0 Å². The first kappa shape index (κ1) is 20.1. The lowest BCUT2D eigenvalue weighted by atomic mass is 9.97. The minimum atomic E-state index is -0.278. The zero-order valence-electron chi connectivity index (χ0n) is 16.6. The number of amides is 2. The Kier molecular flexibility index (Phi) is 5.81. The van der Waals surface area contributed by atoms with E-state index < -0.39 is 0 Å². The van der Waals surface area contributed by atoms with Crippen molar-refractivity contribution in [2.45, 2.75) is 19.8 Å². The van der Waals surface area contributed by atoms with Crippen LogP contribution in [0.4, 0.5) is 5.82 Å². The standard InChI is InChI=1S/C22H22ClN5O2/c1-15-5-2-9-20(24-15)25-21(29)16-6-4-11-27(14-16)22(30)19-10-12-28(26-19)18-8-3-7-17(23)13-18/h2-3,5,7-10,12-13,16H,4,6,11,14H2,1H3,(H,24,25,29).